The van der Waals surface area contributed by atoms with Gasteiger partial charge in [0, 0.05) is 30.4 Å². The summed E-state index contributed by atoms with van der Waals surface area (Å²) in [4.78, 5) is 17.2. The van der Waals surface area contributed by atoms with Crippen molar-refractivity contribution in [2.24, 2.45) is 0 Å². The average Bonchev–Trinajstić information content (AvgIpc) is 2.74. The highest BCUT2D eigenvalue weighted by atomic mass is 19.1. The zero-order valence-electron chi connectivity index (χ0n) is 16.4. The molecular weight excluding hydrogens is 411 g/mol. The number of fused-ring (bicyclic) bond motifs is 1. The number of nitrogens with one attached hydrogen (secondary N) is 2. The number of aromatic hydroxyl groups is 1. The number of phenolic OH excluding ortho intramolecular Hbond substituents is 1. The molecule has 1 atom stereocenters. The number of ether oxygens (including phenoxy) is 1. The molecule has 160 valence electrons. The van der Waals surface area contributed by atoms with Crippen LogP contribution < -0.4 is 15.4 Å². The van der Waals surface area contributed by atoms with E-state index in [-0.39, 0.29) is 18.7 Å². The molecule has 0 unspecified atom stereocenters. The number of benzene rings is 2. The first-order valence-electron chi connectivity index (χ1n) is 9.42. The Bertz CT molecular complexity index is 1150. The van der Waals surface area contributed by atoms with Gasteiger partial charge in [-0.15, -0.1) is 0 Å². The molecule has 0 saturated heterocycles. The third-order valence-corrected chi connectivity index (χ3v) is 5.18. The number of aromatic nitrogens is 1. The molecule has 4 rings (SSSR count). The number of amides is 2. The fraction of sp³-hybridized carbons (Fsp3) is 0.182. The van der Waals surface area contributed by atoms with Gasteiger partial charge in [0.2, 0.25) is 0 Å². The third-order valence-electron chi connectivity index (χ3n) is 5.18. The van der Waals surface area contributed by atoms with Gasteiger partial charge in [0.1, 0.15) is 22.8 Å². The number of nitrogens with zero attached hydrogens (tertiary/aromatic N) is 1. The largest absolute Gasteiger partial charge is 0.503 e. The molecule has 0 bridgehead atoms. The Morgan fingerprint density at radius 3 is 2.58 bits per heavy atom. The van der Waals surface area contributed by atoms with Gasteiger partial charge in [-0.3, -0.25) is 4.98 Å². The summed E-state index contributed by atoms with van der Waals surface area (Å²) < 4.78 is 47.3. The maximum Gasteiger partial charge on any atom is 0.320 e. The van der Waals surface area contributed by atoms with Crippen molar-refractivity contribution in [1.82, 2.24) is 10.3 Å². The van der Waals surface area contributed by atoms with Crippen LogP contribution >= 0.6 is 0 Å². The van der Waals surface area contributed by atoms with E-state index in [0.29, 0.717) is 22.6 Å². The number of aryl methyl sites for hydroxylation is 1. The lowest BCUT2D eigenvalue weighted by atomic mass is 9.81. The Morgan fingerprint density at radius 2 is 1.87 bits per heavy atom. The number of halogens is 3. The zero-order chi connectivity index (χ0) is 22.2. The molecule has 2 aromatic carbocycles. The number of carbonyl (C=O) groups is 1. The number of anilines is 1. The van der Waals surface area contributed by atoms with Crippen molar-refractivity contribution >= 4 is 11.7 Å². The average molecular weight is 429 g/mol. The SMILES string of the molecule is Cc1ccc([C@@]2(NC(=O)Nc3cc(F)c(O)c(F)c3)CCOc3cccnc32)cc1F. The number of pyridine rings is 1. The Labute approximate surface area is 175 Å². The van der Waals surface area contributed by atoms with Crippen LogP contribution in [-0.2, 0) is 5.54 Å². The quantitative estimate of drug-likeness (QED) is 0.541. The number of hydrogen-bond acceptors (Lipinski definition) is 4. The van der Waals surface area contributed by atoms with Gasteiger partial charge in [0.15, 0.2) is 17.4 Å². The second kappa shape index (κ2) is 7.82. The van der Waals surface area contributed by atoms with Crippen molar-refractivity contribution in [3.05, 3.63) is 82.9 Å². The van der Waals surface area contributed by atoms with Gasteiger partial charge in [-0.05, 0) is 36.2 Å². The van der Waals surface area contributed by atoms with Crippen molar-refractivity contribution in [1.29, 1.82) is 0 Å². The summed E-state index contributed by atoms with van der Waals surface area (Å²) in [5.41, 5.74) is -0.197. The monoisotopic (exact) mass is 429 g/mol. The van der Waals surface area contributed by atoms with Crippen LogP contribution in [0.25, 0.3) is 0 Å². The number of rotatable bonds is 3. The van der Waals surface area contributed by atoms with E-state index in [1.165, 1.54) is 12.3 Å². The predicted octanol–water partition coefficient (Wildman–Crippen LogP) is 4.36. The van der Waals surface area contributed by atoms with Gasteiger partial charge in [0.25, 0.3) is 0 Å². The minimum absolute atomic E-state index is 0.205. The molecule has 0 saturated carbocycles. The van der Waals surface area contributed by atoms with Crippen LogP contribution in [0.4, 0.5) is 23.7 Å². The van der Waals surface area contributed by atoms with E-state index in [1.54, 1.807) is 31.2 Å². The molecule has 6 nitrogen and oxygen atoms in total. The lowest BCUT2D eigenvalue weighted by Crippen LogP contribution is -2.51. The standard InChI is InChI=1S/C22H18F3N3O3/c1-12-4-5-13(9-15(12)23)22(6-8-31-18-3-2-7-26-20(18)22)28-21(30)27-14-10-16(24)19(29)17(25)11-14/h2-5,7,9-11,29H,6,8H2,1H3,(H2,27,28,30)/t22-/m0/s1. The third kappa shape index (κ3) is 3.74. The Hall–Kier alpha value is -3.75. The summed E-state index contributed by atoms with van der Waals surface area (Å²) >= 11 is 0. The molecule has 0 fully saturated rings. The fourth-order valence-corrected chi connectivity index (χ4v) is 3.59. The lowest BCUT2D eigenvalue weighted by Gasteiger charge is -2.39. The molecule has 2 amide bonds. The minimum atomic E-state index is -1.25. The summed E-state index contributed by atoms with van der Waals surface area (Å²) in [7, 11) is 0. The van der Waals surface area contributed by atoms with Gasteiger partial charge >= 0.3 is 6.03 Å². The highest BCUT2D eigenvalue weighted by Gasteiger charge is 2.42. The van der Waals surface area contributed by atoms with Gasteiger partial charge in [-0.25, -0.2) is 18.0 Å². The van der Waals surface area contributed by atoms with Crippen LogP contribution in [0.15, 0.2) is 48.7 Å². The van der Waals surface area contributed by atoms with Crippen LogP contribution in [-0.4, -0.2) is 22.7 Å². The van der Waals surface area contributed by atoms with Gasteiger partial charge in [-0.1, -0.05) is 12.1 Å². The first kappa shape index (κ1) is 20.5. The van der Waals surface area contributed by atoms with E-state index in [1.807, 2.05) is 0 Å². The van der Waals surface area contributed by atoms with E-state index in [2.05, 4.69) is 15.6 Å². The molecule has 1 aliphatic heterocycles. The molecule has 0 radical (unpaired) electrons. The van der Waals surface area contributed by atoms with E-state index >= 15 is 0 Å². The first-order chi connectivity index (χ1) is 14.8. The van der Waals surface area contributed by atoms with E-state index in [4.69, 9.17) is 4.74 Å². The fourth-order valence-electron chi connectivity index (χ4n) is 3.59. The second-order valence-electron chi connectivity index (χ2n) is 7.19. The predicted molar refractivity (Wildman–Crippen MR) is 106 cm³/mol. The highest BCUT2D eigenvalue weighted by Crippen LogP contribution is 2.41. The maximum atomic E-state index is 14.4. The smallest absolute Gasteiger partial charge is 0.320 e. The van der Waals surface area contributed by atoms with Crippen molar-refractivity contribution in [2.75, 3.05) is 11.9 Å². The molecule has 1 aliphatic rings. The van der Waals surface area contributed by atoms with Crippen LogP contribution in [0.1, 0.15) is 23.2 Å². The molecule has 1 aromatic heterocycles. The van der Waals surface area contributed by atoms with E-state index < -0.39 is 34.8 Å². The molecule has 9 heteroatoms. The van der Waals surface area contributed by atoms with Crippen LogP contribution in [0.2, 0.25) is 0 Å². The van der Waals surface area contributed by atoms with Gasteiger partial charge in [0.05, 0.1) is 6.61 Å². The molecule has 31 heavy (non-hydrogen) atoms. The molecule has 0 aliphatic carbocycles. The molecule has 3 N–H and O–H groups in total. The summed E-state index contributed by atoms with van der Waals surface area (Å²) in [5, 5.41) is 14.4. The summed E-state index contributed by atoms with van der Waals surface area (Å²) in [5.74, 6) is -3.60. The molecule has 2 heterocycles. The maximum absolute atomic E-state index is 14.4. The summed E-state index contributed by atoms with van der Waals surface area (Å²) in [6.07, 6.45) is 1.77. The Balaban J connectivity index is 1.74. The van der Waals surface area contributed by atoms with E-state index in [0.717, 1.165) is 12.1 Å². The lowest BCUT2D eigenvalue weighted by molar-refractivity contribution is 0.200. The summed E-state index contributed by atoms with van der Waals surface area (Å²) in [6, 6.07) is 8.72. The van der Waals surface area contributed by atoms with Gasteiger partial charge in [-0.2, -0.15) is 0 Å². The molecule has 3 aromatic rings. The number of urea groups is 1. The molecule has 0 spiro atoms. The first-order valence-corrected chi connectivity index (χ1v) is 9.42. The van der Waals surface area contributed by atoms with Crippen molar-refractivity contribution < 1.29 is 27.8 Å². The number of phenols is 1. The Morgan fingerprint density at radius 1 is 1.13 bits per heavy atom. The molecular formula is C22H18F3N3O3. The topological polar surface area (TPSA) is 83.5 Å². The van der Waals surface area contributed by atoms with Crippen molar-refractivity contribution in [3.8, 4) is 11.5 Å². The second-order valence-corrected chi connectivity index (χ2v) is 7.19. The highest BCUT2D eigenvalue weighted by molar-refractivity contribution is 5.90. The van der Waals surface area contributed by atoms with Crippen molar-refractivity contribution in [3.63, 3.8) is 0 Å². The van der Waals surface area contributed by atoms with Crippen LogP contribution in [0, 0.1) is 24.4 Å². The van der Waals surface area contributed by atoms with Crippen LogP contribution in [0.5, 0.6) is 11.5 Å². The zero-order valence-corrected chi connectivity index (χ0v) is 16.4. The number of carbonyl (C=O) groups excluding carboxylic acids is 1. The summed E-state index contributed by atoms with van der Waals surface area (Å²) in [6.45, 7) is 1.84. The Kier molecular flexibility index (Phi) is 5.18. The minimum Gasteiger partial charge on any atom is -0.503 e. The van der Waals surface area contributed by atoms with Crippen LogP contribution in [0.3, 0.4) is 0 Å². The number of hydrogen-bond donors (Lipinski definition) is 3. The van der Waals surface area contributed by atoms with Crippen molar-refractivity contribution in [2.45, 2.75) is 18.9 Å². The van der Waals surface area contributed by atoms with E-state index in [9.17, 15) is 23.1 Å². The van der Waals surface area contributed by atoms with Gasteiger partial charge < -0.3 is 20.5 Å². The normalized spacial score (nSPS) is 17.4.